The van der Waals surface area contributed by atoms with Gasteiger partial charge in [-0.15, -0.1) is 0 Å². The summed E-state index contributed by atoms with van der Waals surface area (Å²) in [6, 6.07) is 1.73. The van der Waals surface area contributed by atoms with Crippen LogP contribution in [0.4, 0.5) is 0 Å². The van der Waals surface area contributed by atoms with Crippen molar-refractivity contribution in [1.82, 2.24) is 15.1 Å². The first kappa shape index (κ1) is 14.0. The van der Waals surface area contributed by atoms with E-state index in [0.29, 0.717) is 18.8 Å². The Morgan fingerprint density at radius 2 is 2.39 bits per heavy atom. The van der Waals surface area contributed by atoms with Crippen LogP contribution in [-0.2, 0) is 6.54 Å². The first-order valence-corrected chi connectivity index (χ1v) is 5.79. The highest BCUT2D eigenvalue weighted by Gasteiger charge is 2.15. The van der Waals surface area contributed by atoms with Crippen molar-refractivity contribution in [2.75, 3.05) is 6.54 Å². The Morgan fingerprint density at radius 3 is 2.94 bits per heavy atom. The number of carbonyl (C=O) groups excluding carboxylic acids is 1. The quantitative estimate of drug-likeness (QED) is 0.304. The molecule has 0 saturated carbocycles. The van der Waals surface area contributed by atoms with E-state index >= 15 is 0 Å². The lowest BCUT2D eigenvalue weighted by molar-refractivity contribution is 0.0940. The van der Waals surface area contributed by atoms with Crippen LogP contribution in [0.5, 0.6) is 0 Å². The highest BCUT2D eigenvalue weighted by Crippen LogP contribution is 2.04. The van der Waals surface area contributed by atoms with E-state index in [9.17, 15) is 4.79 Å². The van der Waals surface area contributed by atoms with Crippen molar-refractivity contribution < 1.29 is 10.0 Å². The highest BCUT2D eigenvalue weighted by molar-refractivity contribution is 5.93. The second kappa shape index (κ2) is 6.04. The molecule has 4 N–H and O–H groups in total. The van der Waals surface area contributed by atoms with Gasteiger partial charge in [0.15, 0.2) is 0 Å². The Hall–Kier alpha value is -2.05. The number of rotatable bonds is 5. The standard InChI is InChI=1S/C11H19N5O2/c1-4-16-9(5-8(3)14-16)11(17)13-6-7(2)10(12)15-18/h5,7,18H,4,6H2,1-3H3,(H2,12,15)(H,13,17). The van der Waals surface area contributed by atoms with Crippen molar-refractivity contribution in [3.8, 4) is 0 Å². The van der Waals surface area contributed by atoms with E-state index in [1.807, 2.05) is 13.8 Å². The van der Waals surface area contributed by atoms with E-state index in [1.54, 1.807) is 17.7 Å². The normalized spacial score (nSPS) is 13.4. The van der Waals surface area contributed by atoms with Gasteiger partial charge in [-0.05, 0) is 19.9 Å². The molecule has 18 heavy (non-hydrogen) atoms. The number of amidine groups is 1. The van der Waals surface area contributed by atoms with Crippen molar-refractivity contribution in [2.24, 2.45) is 16.8 Å². The summed E-state index contributed by atoms with van der Waals surface area (Å²) in [5, 5.41) is 18.3. The number of hydrogen-bond donors (Lipinski definition) is 3. The molecule has 1 unspecified atom stereocenters. The fraction of sp³-hybridized carbons (Fsp3) is 0.545. The predicted octanol–water partition coefficient (Wildman–Crippen LogP) is 0.324. The average Bonchev–Trinajstić information content (AvgIpc) is 2.75. The second-order valence-electron chi connectivity index (χ2n) is 4.12. The minimum atomic E-state index is -0.224. The molecule has 1 rings (SSSR count). The van der Waals surface area contributed by atoms with E-state index in [4.69, 9.17) is 10.9 Å². The van der Waals surface area contributed by atoms with Crippen LogP contribution >= 0.6 is 0 Å². The van der Waals surface area contributed by atoms with Crippen LogP contribution < -0.4 is 11.1 Å². The number of carbonyl (C=O) groups is 1. The molecule has 7 heteroatoms. The monoisotopic (exact) mass is 253 g/mol. The molecule has 0 bridgehead atoms. The Morgan fingerprint density at radius 1 is 1.72 bits per heavy atom. The number of nitrogens with one attached hydrogen (secondary N) is 1. The summed E-state index contributed by atoms with van der Waals surface area (Å²) in [4.78, 5) is 11.9. The maximum absolute atomic E-state index is 11.9. The summed E-state index contributed by atoms with van der Waals surface area (Å²) in [6.45, 7) is 6.46. The van der Waals surface area contributed by atoms with Crippen LogP contribution in [0.15, 0.2) is 11.2 Å². The summed E-state index contributed by atoms with van der Waals surface area (Å²) in [6.07, 6.45) is 0. The third-order valence-corrected chi connectivity index (χ3v) is 2.62. The minimum Gasteiger partial charge on any atom is -0.409 e. The fourth-order valence-corrected chi connectivity index (χ4v) is 1.51. The molecule has 0 saturated heterocycles. The van der Waals surface area contributed by atoms with Gasteiger partial charge in [-0.2, -0.15) is 5.10 Å². The van der Waals surface area contributed by atoms with Crippen molar-refractivity contribution in [3.05, 3.63) is 17.5 Å². The molecular formula is C11H19N5O2. The Bertz CT molecular complexity index is 452. The molecule has 0 aliphatic carbocycles. The van der Waals surface area contributed by atoms with E-state index < -0.39 is 0 Å². The average molecular weight is 253 g/mol. The lowest BCUT2D eigenvalue weighted by atomic mass is 10.1. The van der Waals surface area contributed by atoms with Crippen molar-refractivity contribution in [3.63, 3.8) is 0 Å². The lowest BCUT2D eigenvalue weighted by Crippen LogP contribution is -2.35. The number of nitrogens with two attached hydrogens (primary N) is 1. The smallest absolute Gasteiger partial charge is 0.269 e. The lowest BCUT2D eigenvalue weighted by Gasteiger charge is -2.11. The molecule has 1 heterocycles. The molecule has 0 fully saturated rings. The predicted molar refractivity (Wildman–Crippen MR) is 67.5 cm³/mol. The number of aryl methyl sites for hydroxylation is 2. The molecule has 7 nitrogen and oxygen atoms in total. The molecule has 0 radical (unpaired) electrons. The molecule has 100 valence electrons. The van der Waals surface area contributed by atoms with Crippen LogP contribution in [0.25, 0.3) is 0 Å². The number of hydrogen-bond acceptors (Lipinski definition) is 4. The van der Waals surface area contributed by atoms with E-state index in [2.05, 4.69) is 15.6 Å². The van der Waals surface area contributed by atoms with Crippen molar-refractivity contribution >= 4 is 11.7 Å². The Kier molecular flexibility index (Phi) is 4.70. The number of amides is 1. The van der Waals surface area contributed by atoms with Crippen LogP contribution in [0, 0.1) is 12.8 Å². The van der Waals surface area contributed by atoms with Gasteiger partial charge in [-0.1, -0.05) is 12.1 Å². The summed E-state index contributed by atoms with van der Waals surface area (Å²) in [5.41, 5.74) is 6.75. The molecule has 0 aliphatic heterocycles. The van der Waals surface area contributed by atoms with Crippen LogP contribution in [0.1, 0.15) is 30.0 Å². The third-order valence-electron chi connectivity index (χ3n) is 2.62. The van der Waals surface area contributed by atoms with Gasteiger partial charge >= 0.3 is 0 Å². The molecule has 0 spiro atoms. The molecule has 1 aromatic heterocycles. The van der Waals surface area contributed by atoms with Gasteiger partial charge in [0.25, 0.3) is 5.91 Å². The topological polar surface area (TPSA) is 106 Å². The summed E-state index contributed by atoms with van der Waals surface area (Å²) < 4.78 is 1.64. The van der Waals surface area contributed by atoms with Gasteiger partial charge in [0.2, 0.25) is 0 Å². The summed E-state index contributed by atoms with van der Waals surface area (Å²) in [7, 11) is 0. The molecule has 0 aromatic carbocycles. The van der Waals surface area contributed by atoms with Gasteiger partial charge in [0.05, 0.1) is 5.69 Å². The van der Waals surface area contributed by atoms with Crippen LogP contribution in [-0.4, -0.2) is 33.3 Å². The molecule has 1 aromatic rings. The van der Waals surface area contributed by atoms with E-state index in [0.717, 1.165) is 5.69 Å². The van der Waals surface area contributed by atoms with E-state index in [-0.39, 0.29) is 17.7 Å². The van der Waals surface area contributed by atoms with Crippen LogP contribution in [0.2, 0.25) is 0 Å². The van der Waals surface area contributed by atoms with Crippen molar-refractivity contribution in [2.45, 2.75) is 27.3 Å². The zero-order valence-corrected chi connectivity index (χ0v) is 10.8. The minimum absolute atomic E-state index is 0.0930. The zero-order valence-electron chi connectivity index (χ0n) is 10.8. The number of nitrogens with zero attached hydrogens (tertiary/aromatic N) is 3. The first-order valence-electron chi connectivity index (χ1n) is 5.79. The first-order chi connectivity index (χ1) is 8.49. The van der Waals surface area contributed by atoms with Gasteiger partial charge in [-0.25, -0.2) is 0 Å². The molecule has 0 aliphatic rings. The van der Waals surface area contributed by atoms with E-state index in [1.165, 1.54) is 0 Å². The molecule has 1 amide bonds. The summed E-state index contributed by atoms with van der Waals surface area (Å²) >= 11 is 0. The summed E-state index contributed by atoms with van der Waals surface area (Å²) in [5.74, 6) is -0.344. The molecular weight excluding hydrogens is 234 g/mol. The third kappa shape index (κ3) is 3.22. The van der Waals surface area contributed by atoms with Gasteiger partial charge in [0, 0.05) is 19.0 Å². The Balaban J connectivity index is 2.66. The second-order valence-corrected chi connectivity index (χ2v) is 4.12. The van der Waals surface area contributed by atoms with Crippen LogP contribution in [0.3, 0.4) is 0 Å². The highest BCUT2D eigenvalue weighted by atomic mass is 16.4. The van der Waals surface area contributed by atoms with Gasteiger partial charge in [0.1, 0.15) is 11.5 Å². The zero-order chi connectivity index (χ0) is 13.7. The maximum Gasteiger partial charge on any atom is 0.269 e. The fourth-order valence-electron chi connectivity index (χ4n) is 1.51. The Labute approximate surface area is 106 Å². The SMILES string of the molecule is CCn1nc(C)cc1C(=O)NCC(C)C(N)=NO. The van der Waals surface area contributed by atoms with Gasteiger partial charge < -0.3 is 16.3 Å². The number of oxime groups is 1. The van der Waals surface area contributed by atoms with Gasteiger partial charge in [-0.3, -0.25) is 9.48 Å². The largest absolute Gasteiger partial charge is 0.409 e. The number of aromatic nitrogens is 2. The maximum atomic E-state index is 11.9. The van der Waals surface area contributed by atoms with Crippen molar-refractivity contribution in [1.29, 1.82) is 0 Å². The molecule has 1 atom stereocenters.